The van der Waals surface area contributed by atoms with Crippen molar-refractivity contribution < 1.29 is 8.42 Å². The number of hydrogen-bond donors (Lipinski definition) is 2. The normalized spacial score (nSPS) is 30.7. The number of rotatable bonds is 5. The summed E-state index contributed by atoms with van der Waals surface area (Å²) in [7, 11) is -3.08. The fourth-order valence-corrected chi connectivity index (χ4v) is 5.49. The van der Waals surface area contributed by atoms with Gasteiger partial charge in [-0.2, -0.15) is 11.8 Å². The molecule has 106 valence electrons. The summed E-state index contributed by atoms with van der Waals surface area (Å²) in [5.74, 6) is 0.649. The van der Waals surface area contributed by atoms with E-state index in [2.05, 4.69) is 16.3 Å². The highest BCUT2D eigenvalue weighted by atomic mass is 32.2. The van der Waals surface area contributed by atoms with Crippen molar-refractivity contribution in [1.29, 1.82) is 0 Å². The SMILES string of the molecule is CSC1CCC(NS(=O)(=O)CC2CCNCC2)C1. The molecule has 2 rings (SSSR count). The average Bonchev–Trinajstić information content (AvgIpc) is 2.76. The Labute approximate surface area is 115 Å². The zero-order valence-electron chi connectivity index (χ0n) is 11.0. The predicted molar refractivity (Wildman–Crippen MR) is 77.5 cm³/mol. The lowest BCUT2D eigenvalue weighted by Crippen LogP contribution is -2.39. The molecule has 0 aromatic carbocycles. The van der Waals surface area contributed by atoms with Gasteiger partial charge >= 0.3 is 0 Å². The van der Waals surface area contributed by atoms with Gasteiger partial charge in [0, 0.05) is 11.3 Å². The fraction of sp³-hybridized carbons (Fsp3) is 1.00. The van der Waals surface area contributed by atoms with E-state index in [1.807, 2.05) is 11.8 Å². The maximum atomic E-state index is 12.1. The maximum absolute atomic E-state index is 12.1. The van der Waals surface area contributed by atoms with Crippen molar-refractivity contribution in [2.24, 2.45) is 5.92 Å². The van der Waals surface area contributed by atoms with Crippen LogP contribution in [0.2, 0.25) is 0 Å². The Bertz CT molecular complexity index is 353. The Morgan fingerprint density at radius 2 is 1.94 bits per heavy atom. The summed E-state index contributed by atoms with van der Waals surface area (Å²) in [6, 6.07) is 0.175. The van der Waals surface area contributed by atoms with Crippen LogP contribution in [0.25, 0.3) is 0 Å². The van der Waals surface area contributed by atoms with E-state index in [0.717, 1.165) is 45.2 Å². The van der Waals surface area contributed by atoms with E-state index < -0.39 is 10.0 Å². The number of thioether (sulfide) groups is 1. The summed E-state index contributed by atoms with van der Waals surface area (Å²) in [5, 5.41) is 3.90. The molecule has 1 aliphatic heterocycles. The molecule has 18 heavy (non-hydrogen) atoms. The molecule has 1 aliphatic carbocycles. The van der Waals surface area contributed by atoms with Gasteiger partial charge in [-0.15, -0.1) is 0 Å². The van der Waals surface area contributed by atoms with Crippen molar-refractivity contribution >= 4 is 21.8 Å². The van der Waals surface area contributed by atoms with Crippen LogP contribution in [0.5, 0.6) is 0 Å². The fourth-order valence-electron chi connectivity index (χ4n) is 2.92. The molecule has 0 aromatic rings. The van der Waals surface area contributed by atoms with Crippen LogP contribution in [0.4, 0.5) is 0 Å². The standard InChI is InChI=1S/C12H24N2O2S2/c1-17-12-3-2-11(8-12)14-18(15,16)9-10-4-6-13-7-5-10/h10-14H,2-9H2,1H3. The third-order valence-electron chi connectivity index (χ3n) is 3.98. The van der Waals surface area contributed by atoms with Gasteiger partial charge in [-0.25, -0.2) is 13.1 Å². The molecule has 1 saturated carbocycles. The molecule has 2 atom stereocenters. The third-order valence-corrected chi connectivity index (χ3v) is 6.68. The molecule has 2 aliphatic rings. The summed E-state index contributed by atoms with van der Waals surface area (Å²) < 4.78 is 27.1. The average molecular weight is 292 g/mol. The highest BCUT2D eigenvalue weighted by Crippen LogP contribution is 2.28. The molecule has 2 unspecified atom stereocenters. The second kappa shape index (κ2) is 6.59. The Balaban J connectivity index is 1.80. The predicted octanol–water partition coefficient (Wildman–Crippen LogP) is 1.19. The first-order valence-corrected chi connectivity index (χ1v) is 9.76. The quantitative estimate of drug-likeness (QED) is 0.799. The Morgan fingerprint density at radius 1 is 1.22 bits per heavy atom. The van der Waals surface area contributed by atoms with Gasteiger partial charge in [-0.1, -0.05) is 0 Å². The summed E-state index contributed by atoms with van der Waals surface area (Å²) in [6.07, 6.45) is 7.21. The molecule has 2 N–H and O–H groups in total. The van der Waals surface area contributed by atoms with E-state index in [0.29, 0.717) is 16.9 Å². The van der Waals surface area contributed by atoms with Crippen LogP contribution in [0, 0.1) is 5.92 Å². The molecule has 2 fully saturated rings. The largest absolute Gasteiger partial charge is 0.317 e. The maximum Gasteiger partial charge on any atom is 0.212 e. The second-order valence-corrected chi connectivity index (χ2v) is 8.40. The number of nitrogens with one attached hydrogen (secondary N) is 2. The van der Waals surface area contributed by atoms with Crippen LogP contribution < -0.4 is 10.0 Å². The van der Waals surface area contributed by atoms with Crippen LogP contribution in [0.15, 0.2) is 0 Å². The molecule has 0 amide bonds. The van der Waals surface area contributed by atoms with Crippen LogP contribution >= 0.6 is 11.8 Å². The van der Waals surface area contributed by atoms with Gasteiger partial charge in [-0.3, -0.25) is 0 Å². The molecule has 0 spiro atoms. The van der Waals surface area contributed by atoms with Crippen molar-refractivity contribution in [1.82, 2.24) is 10.0 Å². The number of piperidine rings is 1. The number of sulfonamides is 1. The molecule has 0 radical (unpaired) electrons. The zero-order chi connectivity index (χ0) is 13.0. The summed E-state index contributed by atoms with van der Waals surface area (Å²) in [6.45, 7) is 1.91. The molecule has 0 aromatic heterocycles. The van der Waals surface area contributed by atoms with Gasteiger partial charge in [0.25, 0.3) is 0 Å². The van der Waals surface area contributed by atoms with E-state index >= 15 is 0 Å². The molecule has 1 heterocycles. The summed E-state index contributed by atoms with van der Waals surface area (Å²) in [4.78, 5) is 0. The minimum absolute atomic E-state index is 0.175. The zero-order valence-corrected chi connectivity index (χ0v) is 12.7. The third kappa shape index (κ3) is 4.40. The molecular weight excluding hydrogens is 268 g/mol. The van der Waals surface area contributed by atoms with E-state index in [1.165, 1.54) is 0 Å². The van der Waals surface area contributed by atoms with Gasteiger partial charge < -0.3 is 5.32 Å². The lowest BCUT2D eigenvalue weighted by atomic mass is 10.0. The van der Waals surface area contributed by atoms with Crippen molar-refractivity contribution in [2.75, 3.05) is 25.1 Å². The van der Waals surface area contributed by atoms with Gasteiger partial charge in [-0.05, 0) is 57.4 Å². The second-order valence-electron chi connectivity index (χ2n) is 5.46. The Hall–Kier alpha value is 0.220. The monoisotopic (exact) mass is 292 g/mol. The lowest BCUT2D eigenvalue weighted by Gasteiger charge is -2.23. The van der Waals surface area contributed by atoms with Gasteiger partial charge in [0.05, 0.1) is 5.75 Å². The lowest BCUT2D eigenvalue weighted by molar-refractivity contribution is 0.399. The van der Waals surface area contributed by atoms with Crippen LogP contribution in [-0.2, 0) is 10.0 Å². The first-order chi connectivity index (χ1) is 8.59. The van der Waals surface area contributed by atoms with Crippen molar-refractivity contribution in [3.63, 3.8) is 0 Å². The Kier molecular flexibility index (Phi) is 5.35. The highest BCUT2D eigenvalue weighted by Gasteiger charge is 2.29. The highest BCUT2D eigenvalue weighted by molar-refractivity contribution is 7.99. The molecule has 4 nitrogen and oxygen atoms in total. The molecular formula is C12H24N2O2S2. The van der Waals surface area contributed by atoms with E-state index in [1.54, 1.807) is 0 Å². The first kappa shape index (κ1) is 14.6. The summed E-state index contributed by atoms with van der Waals surface area (Å²) >= 11 is 1.85. The van der Waals surface area contributed by atoms with E-state index in [9.17, 15) is 8.42 Å². The Morgan fingerprint density at radius 3 is 2.56 bits per heavy atom. The van der Waals surface area contributed by atoms with Crippen LogP contribution in [-0.4, -0.2) is 44.8 Å². The molecule has 6 heteroatoms. The summed E-state index contributed by atoms with van der Waals surface area (Å²) in [5.41, 5.74) is 0. The van der Waals surface area contributed by atoms with Gasteiger partial charge in [0.1, 0.15) is 0 Å². The van der Waals surface area contributed by atoms with Crippen molar-refractivity contribution in [3.05, 3.63) is 0 Å². The molecule has 1 saturated heterocycles. The van der Waals surface area contributed by atoms with Crippen molar-refractivity contribution in [3.8, 4) is 0 Å². The molecule has 0 bridgehead atoms. The van der Waals surface area contributed by atoms with Crippen LogP contribution in [0.1, 0.15) is 32.1 Å². The van der Waals surface area contributed by atoms with Gasteiger partial charge in [0.15, 0.2) is 0 Å². The van der Waals surface area contributed by atoms with Crippen LogP contribution in [0.3, 0.4) is 0 Å². The van der Waals surface area contributed by atoms with E-state index in [-0.39, 0.29) is 6.04 Å². The van der Waals surface area contributed by atoms with Crippen molar-refractivity contribution in [2.45, 2.75) is 43.4 Å². The van der Waals surface area contributed by atoms with E-state index in [4.69, 9.17) is 0 Å². The van der Waals surface area contributed by atoms with Gasteiger partial charge in [0.2, 0.25) is 10.0 Å². The smallest absolute Gasteiger partial charge is 0.212 e. The number of hydrogen-bond acceptors (Lipinski definition) is 4. The topological polar surface area (TPSA) is 58.2 Å². The minimum Gasteiger partial charge on any atom is -0.317 e. The minimum atomic E-state index is -3.08. The first-order valence-electron chi connectivity index (χ1n) is 6.82.